The van der Waals surface area contributed by atoms with Gasteiger partial charge < -0.3 is 9.64 Å². The van der Waals surface area contributed by atoms with Crippen molar-refractivity contribution in [2.75, 3.05) is 24.4 Å². The van der Waals surface area contributed by atoms with E-state index in [-0.39, 0.29) is 23.1 Å². The zero-order valence-corrected chi connectivity index (χ0v) is 21.3. The van der Waals surface area contributed by atoms with Gasteiger partial charge in [-0.2, -0.15) is 0 Å². The van der Waals surface area contributed by atoms with Crippen LogP contribution in [0.2, 0.25) is 10.0 Å². The molecule has 4 rings (SSSR count). The van der Waals surface area contributed by atoms with Crippen LogP contribution in [0, 0.1) is 5.92 Å². The lowest BCUT2D eigenvalue weighted by Crippen LogP contribution is -2.41. The molecule has 0 atom stereocenters. The molecule has 0 unspecified atom stereocenters. The van der Waals surface area contributed by atoms with Gasteiger partial charge in [0.05, 0.1) is 10.6 Å². The molecule has 0 saturated carbocycles. The second-order valence-electron chi connectivity index (χ2n) is 8.54. The van der Waals surface area contributed by atoms with Gasteiger partial charge in [-0.1, -0.05) is 53.5 Å². The van der Waals surface area contributed by atoms with Gasteiger partial charge in [-0.15, -0.1) is 0 Å². The van der Waals surface area contributed by atoms with Gasteiger partial charge in [-0.25, -0.2) is 8.42 Å². The van der Waals surface area contributed by atoms with Crippen molar-refractivity contribution in [3.63, 3.8) is 0 Å². The zero-order valence-electron chi connectivity index (χ0n) is 19.0. The summed E-state index contributed by atoms with van der Waals surface area (Å²) < 4.78 is 33.4. The first-order valence-corrected chi connectivity index (χ1v) is 13.6. The van der Waals surface area contributed by atoms with E-state index in [2.05, 4.69) is 29.0 Å². The molecular weight excluding hydrogens is 507 g/mol. The highest BCUT2D eigenvalue weighted by molar-refractivity contribution is 7.92. The third-order valence-corrected chi connectivity index (χ3v) is 7.78. The summed E-state index contributed by atoms with van der Waals surface area (Å²) in [5.41, 5.74) is 1.60. The molecule has 184 valence electrons. The Labute approximate surface area is 215 Å². The summed E-state index contributed by atoms with van der Waals surface area (Å²) in [5, 5.41) is 0.646. The number of rotatable bonds is 8. The van der Waals surface area contributed by atoms with Crippen molar-refractivity contribution in [1.82, 2.24) is 4.90 Å². The van der Waals surface area contributed by atoms with E-state index in [4.69, 9.17) is 27.9 Å². The number of ether oxygens (including phenoxy) is 1. The number of nitrogens with one attached hydrogen (secondary N) is 1. The van der Waals surface area contributed by atoms with Crippen LogP contribution in [0.25, 0.3) is 0 Å². The minimum Gasteiger partial charge on any atom is -0.484 e. The molecule has 0 radical (unpaired) electrons. The van der Waals surface area contributed by atoms with Gasteiger partial charge in [0, 0.05) is 23.1 Å². The fourth-order valence-electron chi connectivity index (χ4n) is 4.11. The average molecular weight is 533 g/mol. The Morgan fingerprint density at radius 2 is 1.57 bits per heavy atom. The van der Waals surface area contributed by atoms with Crippen molar-refractivity contribution < 1.29 is 17.9 Å². The predicted molar refractivity (Wildman–Crippen MR) is 139 cm³/mol. The van der Waals surface area contributed by atoms with E-state index in [1.807, 2.05) is 11.0 Å². The molecule has 3 aromatic rings. The van der Waals surface area contributed by atoms with Crippen LogP contribution in [0.5, 0.6) is 5.75 Å². The summed E-state index contributed by atoms with van der Waals surface area (Å²) in [7, 11) is -3.84. The van der Waals surface area contributed by atoms with Gasteiger partial charge in [0.1, 0.15) is 5.75 Å². The highest BCUT2D eigenvalue weighted by Crippen LogP contribution is 2.26. The normalized spacial score (nSPS) is 14.5. The maximum atomic E-state index is 12.7. The Hall–Kier alpha value is -2.74. The molecule has 1 aliphatic heterocycles. The van der Waals surface area contributed by atoms with E-state index in [1.54, 1.807) is 0 Å². The van der Waals surface area contributed by atoms with Crippen molar-refractivity contribution in [2.24, 2.45) is 5.92 Å². The van der Waals surface area contributed by atoms with E-state index in [1.165, 1.54) is 48.0 Å². The van der Waals surface area contributed by atoms with E-state index in [0.29, 0.717) is 21.7 Å². The molecule has 0 bridgehead atoms. The first-order valence-electron chi connectivity index (χ1n) is 11.3. The number of carbonyl (C=O) groups excluding carboxylic acids is 1. The van der Waals surface area contributed by atoms with Crippen LogP contribution in [0.1, 0.15) is 18.4 Å². The van der Waals surface area contributed by atoms with E-state index < -0.39 is 10.0 Å². The number of benzene rings is 3. The van der Waals surface area contributed by atoms with Crippen LogP contribution in [-0.4, -0.2) is 38.9 Å². The van der Waals surface area contributed by atoms with Gasteiger partial charge in [-0.3, -0.25) is 9.52 Å². The standard InChI is InChI=1S/C26H26Cl2N2O4S/c27-21-15-22(28)17-23(16-21)29-35(32,33)25-8-6-24(7-9-25)34-18-26(31)30-12-10-20(11-13-30)14-19-4-2-1-3-5-19/h1-9,15-17,20,29H,10-14,18H2. The summed E-state index contributed by atoms with van der Waals surface area (Å²) in [5.74, 6) is 0.926. The summed E-state index contributed by atoms with van der Waals surface area (Å²) >= 11 is 11.9. The van der Waals surface area contributed by atoms with Crippen LogP contribution in [-0.2, 0) is 21.2 Å². The number of anilines is 1. The number of likely N-dealkylation sites (tertiary alicyclic amines) is 1. The van der Waals surface area contributed by atoms with E-state index >= 15 is 0 Å². The van der Waals surface area contributed by atoms with Gasteiger partial charge in [0.2, 0.25) is 0 Å². The molecule has 0 spiro atoms. The molecule has 0 aliphatic carbocycles. The van der Waals surface area contributed by atoms with Crippen molar-refractivity contribution in [1.29, 1.82) is 0 Å². The molecule has 3 aromatic carbocycles. The van der Waals surface area contributed by atoms with Gasteiger partial charge in [-0.05, 0) is 73.2 Å². The monoisotopic (exact) mass is 532 g/mol. The first-order chi connectivity index (χ1) is 16.8. The lowest BCUT2D eigenvalue weighted by atomic mass is 9.90. The van der Waals surface area contributed by atoms with Gasteiger partial charge in [0.15, 0.2) is 6.61 Å². The van der Waals surface area contributed by atoms with Crippen LogP contribution < -0.4 is 9.46 Å². The largest absolute Gasteiger partial charge is 0.484 e. The van der Waals surface area contributed by atoms with Crippen LogP contribution in [0.15, 0.2) is 77.7 Å². The Morgan fingerprint density at radius 3 is 2.20 bits per heavy atom. The second kappa shape index (κ2) is 11.3. The topological polar surface area (TPSA) is 75.7 Å². The summed E-state index contributed by atoms with van der Waals surface area (Å²) in [4.78, 5) is 14.5. The Kier molecular flexibility index (Phi) is 8.21. The van der Waals surface area contributed by atoms with Crippen molar-refractivity contribution in [3.05, 3.63) is 88.4 Å². The lowest BCUT2D eigenvalue weighted by Gasteiger charge is -2.32. The molecular formula is C26H26Cl2N2O4S. The number of piperidine rings is 1. The Balaban J connectivity index is 1.26. The van der Waals surface area contributed by atoms with Crippen molar-refractivity contribution in [3.8, 4) is 5.75 Å². The minimum atomic E-state index is -3.84. The van der Waals surface area contributed by atoms with Crippen LogP contribution in [0.3, 0.4) is 0 Å². The van der Waals surface area contributed by atoms with Crippen molar-refractivity contribution >= 4 is 44.8 Å². The summed E-state index contributed by atoms with van der Waals surface area (Å²) in [6.07, 6.45) is 2.98. The number of hydrogen-bond acceptors (Lipinski definition) is 4. The molecule has 6 nitrogen and oxygen atoms in total. The molecule has 0 aromatic heterocycles. The lowest BCUT2D eigenvalue weighted by molar-refractivity contribution is -0.134. The number of sulfonamides is 1. The highest BCUT2D eigenvalue weighted by atomic mass is 35.5. The molecule has 35 heavy (non-hydrogen) atoms. The molecule has 1 N–H and O–H groups in total. The third kappa shape index (κ3) is 7.13. The van der Waals surface area contributed by atoms with E-state index in [9.17, 15) is 13.2 Å². The summed E-state index contributed by atoms with van der Waals surface area (Å²) in [6.45, 7) is 1.35. The van der Waals surface area contributed by atoms with Gasteiger partial charge >= 0.3 is 0 Å². The predicted octanol–water partition coefficient (Wildman–Crippen LogP) is 5.65. The third-order valence-electron chi connectivity index (χ3n) is 5.95. The van der Waals surface area contributed by atoms with Crippen molar-refractivity contribution in [2.45, 2.75) is 24.2 Å². The highest BCUT2D eigenvalue weighted by Gasteiger charge is 2.23. The maximum absolute atomic E-state index is 12.7. The smallest absolute Gasteiger partial charge is 0.261 e. The number of carbonyl (C=O) groups is 1. The van der Waals surface area contributed by atoms with Gasteiger partial charge in [0.25, 0.3) is 15.9 Å². The number of amides is 1. The molecule has 1 aliphatic rings. The zero-order chi connectivity index (χ0) is 24.8. The molecule has 1 saturated heterocycles. The SMILES string of the molecule is O=C(COc1ccc(S(=O)(=O)Nc2cc(Cl)cc(Cl)c2)cc1)N1CCC(Cc2ccccc2)CC1. The number of nitrogens with zero attached hydrogens (tertiary/aromatic N) is 1. The fraction of sp³-hybridized carbons (Fsp3) is 0.269. The average Bonchev–Trinajstić information content (AvgIpc) is 2.83. The minimum absolute atomic E-state index is 0.0489. The van der Waals surface area contributed by atoms with E-state index in [0.717, 1.165) is 32.4 Å². The Bertz CT molecular complexity index is 1240. The maximum Gasteiger partial charge on any atom is 0.261 e. The second-order valence-corrected chi connectivity index (χ2v) is 11.1. The first kappa shape index (κ1) is 25.4. The molecule has 9 heteroatoms. The number of halogens is 2. The molecule has 1 amide bonds. The number of hydrogen-bond donors (Lipinski definition) is 1. The quantitative estimate of drug-likeness (QED) is 0.406. The summed E-state index contributed by atoms with van der Waals surface area (Å²) in [6, 6.07) is 20.8. The molecule has 1 fully saturated rings. The fourth-order valence-corrected chi connectivity index (χ4v) is 5.68. The molecule has 1 heterocycles. The van der Waals surface area contributed by atoms with Crippen LogP contribution in [0.4, 0.5) is 5.69 Å². The Morgan fingerprint density at radius 1 is 0.943 bits per heavy atom. The van der Waals surface area contributed by atoms with Crippen LogP contribution >= 0.6 is 23.2 Å².